The minimum absolute atomic E-state index is 0.00500. The quantitative estimate of drug-likeness (QED) is 0.786. The van der Waals surface area contributed by atoms with Gasteiger partial charge in [0, 0.05) is 34.3 Å². The molecule has 0 fully saturated rings. The van der Waals surface area contributed by atoms with Crippen LogP contribution in [0.1, 0.15) is 13.3 Å². The number of hydrogen-bond donors (Lipinski definition) is 2. The second-order valence-corrected chi connectivity index (χ2v) is 5.91. The summed E-state index contributed by atoms with van der Waals surface area (Å²) in [6, 6.07) is 7.04. The first-order chi connectivity index (χ1) is 9.01. The van der Waals surface area contributed by atoms with Crippen molar-refractivity contribution in [2.24, 2.45) is 5.73 Å². The molecule has 106 valence electrons. The van der Waals surface area contributed by atoms with Crippen LogP contribution in [0.15, 0.2) is 24.3 Å². The van der Waals surface area contributed by atoms with Crippen molar-refractivity contribution in [3.05, 3.63) is 24.3 Å². The highest BCUT2D eigenvalue weighted by atomic mass is 32.2. The molecule has 0 saturated heterocycles. The lowest BCUT2D eigenvalue weighted by Crippen LogP contribution is -2.23. The molecule has 0 bridgehead atoms. The van der Waals surface area contributed by atoms with Gasteiger partial charge in [-0.2, -0.15) is 0 Å². The third-order valence-corrected chi connectivity index (χ3v) is 3.72. The standard InChI is InChI=1S/C13H20N2O3S/c1-10(14)6-7-19(17)9-13(16)15-11-4-3-5-12(8-11)18-2/h3-5,8,10H,6-7,9,14H2,1-2H3,(H,15,16). The van der Waals surface area contributed by atoms with Crippen molar-refractivity contribution in [1.29, 1.82) is 0 Å². The molecule has 0 heterocycles. The summed E-state index contributed by atoms with van der Waals surface area (Å²) in [5.41, 5.74) is 6.21. The van der Waals surface area contributed by atoms with Crippen LogP contribution < -0.4 is 15.8 Å². The number of rotatable bonds is 7. The summed E-state index contributed by atoms with van der Waals surface area (Å²) < 4.78 is 16.7. The molecular weight excluding hydrogens is 264 g/mol. The lowest BCUT2D eigenvalue weighted by atomic mass is 10.3. The van der Waals surface area contributed by atoms with E-state index in [2.05, 4.69) is 5.32 Å². The smallest absolute Gasteiger partial charge is 0.236 e. The Hall–Kier alpha value is -1.40. The maximum atomic E-state index is 11.7. The lowest BCUT2D eigenvalue weighted by Gasteiger charge is -2.07. The van der Waals surface area contributed by atoms with Gasteiger partial charge in [0.05, 0.1) is 7.11 Å². The van der Waals surface area contributed by atoms with E-state index < -0.39 is 10.8 Å². The molecule has 6 heteroatoms. The molecule has 5 nitrogen and oxygen atoms in total. The van der Waals surface area contributed by atoms with Crippen LogP contribution in [0, 0.1) is 0 Å². The topological polar surface area (TPSA) is 81.4 Å². The summed E-state index contributed by atoms with van der Waals surface area (Å²) in [5.74, 6) is 0.833. The Bertz CT molecular complexity index is 449. The molecule has 2 atom stereocenters. The number of carbonyl (C=O) groups excluding carboxylic acids is 1. The van der Waals surface area contributed by atoms with Crippen molar-refractivity contribution in [1.82, 2.24) is 0 Å². The Labute approximate surface area is 116 Å². The lowest BCUT2D eigenvalue weighted by molar-refractivity contribution is -0.113. The molecule has 0 aliphatic rings. The van der Waals surface area contributed by atoms with Gasteiger partial charge >= 0.3 is 0 Å². The SMILES string of the molecule is COc1cccc(NC(=O)CS(=O)CCC(C)N)c1. The van der Waals surface area contributed by atoms with Gasteiger partial charge in [0.15, 0.2) is 0 Å². The zero-order chi connectivity index (χ0) is 14.3. The molecule has 19 heavy (non-hydrogen) atoms. The maximum absolute atomic E-state index is 11.7. The minimum Gasteiger partial charge on any atom is -0.497 e. The predicted octanol–water partition coefficient (Wildman–Crippen LogP) is 1.12. The fourth-order valence-electron chi connectivity index (χ4n) is 1.43. The minimum atomic E-state index is -1.17. The van der Waals surface area contributed by atoms with Crippen LogP contribution in [0.2, 0.25) is 0 Å². The third-order valence-electron chi connectivity index (χ3n) is 2.45. The van der Waals surface area contributed by atoms with Gasteiger partial charge in [0.25, 0.3) is 0 Å². The molecule has 1 amide bonds. The summed E-state index contributed by atoms with van der Waals surface area (Å²) in [6.07, 6.45) is 0.652. The molecule has 1 rings (SSSR count). The van der Waals surface area contributed by atoms with Crippen LogP contribution in [-0.2, 0) is 15.6 Å². The first-order valence-electron chi connectivity index (χ1n) is 6.05. The van der Waals surface area contributed by atoms with Crippen molar-refractivity contribution < 1.29 is 13.7 Å². The van der Waals surface area contributed by atoms with Crippen LogP contribution in [-0.4, -0.2) is 34.8 Å². The normalized spacial score (nSPS) is 13.6. The molecule has 0 radical (unpaired) electrons. The fourth-order valence-corrected chi connectivity index (χ4v) is 2.58. The zero-order valence-electron chi connectivity index (χ0n) is 11.2. The largest absolute Gasteiger partial charge is 0.497 e. The van der Waals surface area contributed by atoms with Gasteiger partial charge in [-0.15, -0.1) is 0 Å². The Kier molecular flexibility index (Phi) is 6.52. The van der Waals surface area contributed by atoms with Crippen molar-refractivity contribution >= 4 is 22.4 Å². The van der Waals surface area contributed by atoms with Crippen molar-refractivity contribution in [3.8, 4) is 5.75 Å². The van der Waals surface area contributed by atoms with E-state index in [-0.39, 0.29) is 17.7 Å². The molecular formula is C13H20N2O3S. The van der Waals surface area contributed by atoms with E-state index in [1.54, 1.807) is 31.4 Å². The predicted molar refractivity (Wildman–Crippen MR) is 77.8 cm³/mol. The van der Waals surface area contributed by atoms with E-state index in [1.807, 2.05) is 6.92 Å². The summed E-state index contributed by atoms with van der Waals surface area (Å²) in [7, 11) is 0.385. The first kappa shape index (κ1) is 15.7. The number of amides is 1. The number of methoxy groups -OCH3 is 1. The molecule has 3 N–H and O–H groups in total. The van der Waals surface area contributed by atoms with E-state index in [0.29, 0.717) is 23.6 Å². The second-order valence-electron chi connectivity index (χ2n) is 4.33. The van der Waals surface area contributed by atoms with Crippen molar-refractivity contribution in [2.75, 3.05) is 23.9 Å². The van der Waals surface area contributed by atoms with Crippen LogP contribution >= 0.6 is 0 Å². The number of hydrogen-bond acceptors (Lipinski definition) is 4. The van der Waals surface area contributed by atoms with Crippen LogP contribution in [0.4, 0.5) is 5.69 Å². The highest BCUT2D eigenvalue weighted by molar-refractivity contribution is 7.85. The monoisotopic (exact) mass is 284 g/mol. The maximum Gasteiger partial charge on any atom is 0.236 e. The molecule has 0 aliphatic carbocycles. The van der Waals surface area contributed by atoms with Gasteiger partial charge in [-0.05, 0) is 25.5 Å². The molecule has 1 aromatic rings. The van der Waals surface area contributed by atoms with Crippen LogP contribution in [0.3, 0.4) is 0 Å². The molecule has 0 saturated carbocycles. The average Bonchev–Trinajstić information content (AvgIpc) is 2.36. The van der Waals surface area contributed by atoms with Gasteiger partial charge in [0.1, 0.15) is 11.5 Å². The Morgan fingerprint density at radius 2 is 2.26 bits per heavy atom. The van der Waals surface area contributed by atoms with E-state index in [1.165, 1.54) is 0 Å². The number of anilines is 1. The van der Waals surface area contributed by atoms with E-state index >= 15 is 0 Å². The second kappa shape index (κ2) is 7.91. The zero-order valence-corrected chi connectivity index (χ0v) is 12.0. The first-order valence-corrected chi connectivity index (χ1v) is 7.54. The number of ether oxygens (including phenoxy) is 1. The van der Waals surface area contributed by atoms with Gasteiger partial charge < -0.3 is 15.8 Å². The highest BCUT2D eigenvalue weighted by Crippen LogP contribution is 2.16. The van der Waals surface area contributed by atoms with Gasteiger partial charge in [-0.1, -0.05) is 6.07 Å². The summed E-state index contributed by atoms with van der Waals surface area (Å²) in [4.78, 5) is 11.7. The highest BCUT2D eigenvalue weighted by Gasteiger charge is 2.09. The number of carbonyl (C=O) groups is 1. The number of nitrogens with one attached hydrogen (secondary N) is 1. The number of benzene rings is 1. The molecule has 0 aromatic heterocycles. The summed E-state index contributed by atoms with van der Waals surface area (Å²) in [5, 5.41) is 2.69. The summed E-state index contributed by atoms with van der Waals surface area (Å²) >= 11 is 0. The van der Waals surface area contributed by atoms with Gasteiger partial charge in [-0.3, -0.25) is 9.00 Å². The van der Waals surface area contributed by atoms with Gasteiger partial charge in [-0.25, -0.2) is 0 Å². The van der Waals surface area contributed by atoms with Crippen LogP contribution in [0.25, 0.3) is 0 Å². The van der Waals surface area contributed by atoms with Crippen molar-refractivity contribution in [2.45, 2.75) is 19.4 Å². The Balaban J connectivity index is 2.44. The van der Waals surface area contributed by atoms with Crippen LogP contribution in [0.5, 0.6) is 5.75 Å². The molecule has 2 unspecified atom stereocenters. The average molecular weight is 284 g/mol. The van der Waals surface area contributed by atoms with Gasteiger partial charge in [0.2, 0.25) is 5.91 Å². The third kappa shape index (κ3) is 6.35. The Morgan fingerprint density at radius 1 is 1.53 bits per heavy atom. The molecule has 0 spiro atoms. The van der Waals surface area contributed by atoms with E-state index in [4.69, 9.17) is 10.5 Å². The van der Waals surface area contributed by atoms with E-state index in [0.717, 1.165) is 0 Å². The fraction of sp³-hybridized carbons (Fsp3) is 0.462. The number of nitrogens with two attached hydrogens (primary N) is 1. The van der Waals surface area contributed by atoms with E-state index in [9.17, 15) is 9.00 Å². The summed E-state index contributed by atoms with van der Waals surface area (Å²) in [6.45, 7) is 1.85. The molecule has 0 aliphatic heterocycles. The van der Waals surface area contributed by atoms with Crippen molar-refractivity contribution in [3.63, 3.8) is 0 Å². The molecule has 1 aromatic carbocycles. The Morgan fingerprint density at radius 3 is 2.89 bits per heavy atom.